The predicted octanol–water partition coefficient (Wildman–Crippen LogP) is 1.76. The Morgan fingerprint density at radius 2 is 2.04 bits per heavy atom. The summed E-state index contributed by atoms with van der Waals surface area (Å²) in [7, 11) is 3.52. The maximum atomic E-state index is 13.4. The number of nitrogens with zero attached hydrogens (tertiary/aromatic N) is 4. The van der Waals surface area contributed by atoms with Gasteiger partial charge in [0.2, 0.25) is 0 Å². The third kappa shape index (κ3) is 6.11. The molecule has 0 saturated heterocycles. The van der Waals surface area contributed by atoms with E-state index in [4.69, 9.17) is 4.74 Å². The fourth-order valence-corrected chi connectivity index (χ4v) is 1.91. The van der Waals surface area contributed by atoms with Gasteiger partial charge >= 0.3 is 0 Å². The minimum Gasteiger partial charge on any atom is -0.489 e. The SMILES string of the molecule is CN=C(NCCOc1ccc(F)cc1F)NCc1nnc(C)n1C.I. The maximum absolute atomic E-state index is 13.4. The normalized spacial score (nSPS) is 11.0. The van der Waals surface area contributed by atoms with Crippen molar-refractivity contribution >= 4 is 29.9 Å². The summed E-state index contributed by atoms with van der Waals surface area (Å²) in [5.74, 6) is 0.802. The van der Waals surface area contributed by atoms with Crippen LogP contribution in [0.2, 0.25) is 0 Å². The van der Waals surface area contributed by atoms with Gasteiger partial charge in [-0.1, -0.05) is 0 Å². The highest BCUT2D eigenvalue weighted by atomic mass is 127. The average Bonchev–Trinajstić information content (AvgIpc) is 2.87. The van der Waals surface area contributed by atoms with Crippen molar-refractivity contribution in [2.24, 2.45) is 12.0 Å². The Labute approximate surface area is 161 Å². The number of halogens is 3. The summed E-state index contributed by atoms with van der Waals surface area (Å²) in [5.41, 5.74) is 0. The van der Waals surface area contributed by atoms with E-state index >= 15 is 0 Å². The lowest BCUT2D eigenvalue weighted by atomic mass is 10.3. The molecule has 1 heterocycles. The summed E-state index contributed by atoms with van der Waals surface area (Å²) in [4.78, 5) is 4.07. The third-order valence-corrected chi connectivity index (χ3v) is 3.37. The Balaban J connectivity index is 0.00000312. The molecule has 2 aromatic rings. The second kappa shape index (κ2) is 10.1. The smallest absolute Gasteiger partial charge is 0.191 e. The Morgan fingerprint density at radius 1 is 1.28 bits per heavy atom. The first-order chi connectivity index (χ1) is 11.5. The fraction of sp³-hybridized carbons (Fsp3) is 0.400. The van der Waals surface area contributed by atoms with Crippen molar-refractivity contribution in [3.8, 4) is 5.75 Å². The van der Waals surface area contributed by atoms with Crippen LogP contribution in [0.15, 0.2) is 23.2 Å². The van der Waals surface area contributed by atoms with Crippen LogP contribution in [0.25, 0.3) is 0 Å². The number of nitrogens with one attached hydrogen (secondary N) is 2. The molecule has 138 valence electrons. The quantitative estimate of drug-likeness (QED) is 0.294. The second-order valence-corrected chi connectivity index (χ2v) is 5.00. The number of hydrogen-bond donors (Lipinski definition) is 2. The van der Waals surface area contributed by atoms with Crippen LogP contribution in [0.4, 0.5) is 8.78 Å². The van der Waals surface area contributed by atoms with Crippen LogP contribution in [0, 0.1) is 18.6 Å². The molecule has 1 aromatic heterocycles. The van der Waals surface area contributed by atoms with E-state index in [0.717, 1.165) is 23.8 Å². The molecule has 0 saturated carbocycles. The van der Waals surface area contributed by atoms with Crippen LogP contribution in [0.1, 0.15) is 11.6 Å². The molecular weight excluding hydrogens is 445 g/mol. The number of ether oxygens (including phenoxy) is 1. The number of hydrogen-bond acceptors (Lipinski definition) is 4. The number of aliphatic imine (C=N–C) groups is 1. The molecule has 0 aliphatic carbocycles. The molecule has 0 aliphatic rings. The van der Waals surface area contributed by atoms with Crippen molar-refractivity contribution in [3.63, 3.8) is 0 Å². The molecule has 0 aliphatic heterocycles. The summed E-state index contributed by atoms with van der Waals surface area (Å²) >= 11 is 0. The molecule has 7 nitrogen and oxygen atoms in total. The van der Waals surface area contributed by atoms with Gasteiger partial charge in [0.05, 0.1) is 13.1 Å². The van der Waals surface area contributed by atoms with Gasteiger partial charge in [-0.25, -0.2) is 8.78 Å². The van der Waals surface area contributed by atoms with Gasteiger partial charge in [-0.2, -0.15) is 0 Å². The fourth-order valence-electron chi connectivity index (χ4n) is 1.91. The molecule has 0 unspecified atom stereocenters. The van der Waals surface area contributed by atoms with Crippen molar-refractivity contribution < 1.29 is 13.5 Å². The summed E-state index contributed by atoms with van der Waals surface area (Å²) < 4.78 is 33.3. The van der Waals surface area contributed by atoms with Crippen LogP contribution in [0.3, 0.4) is 0 Å². The Bertz CT molecular complexity index is 722. The predicted molar refractivity (Wildman–Crippen MR) is 101 cm³/mol. The van der Waals surface area contributed by atoms with E-state index in [1.54, 1.807) is 7.05 Å². The average molecular weight is 466 g/mol. The third-order valence-electron chi connectivity index (χ3n) is 3.37. The van der Waals surface area contributed by atoms with Crippen LogP contribution in [-0.4, -0.2) is 40.9 Å². The number of rotatable bonds is 6. The minimum absolute atomic E-state index is 0. The van der Waals surface area contributed by atoms with E-state index in [1.165, 1.54) is 6.07 Å². The maximum Gasteiger partial charge on any atom is 0.191 e. The zero-order valence-electron chi connectivity index (χ0n) is 14.2. The van der Waals surface area contributed by atoms with Crippen molar-refractivity contribution in [2.75, 3.05) is 20.2 Å². The summed E-state index contributed by atoms with van der Waals surface area (Å²) in [5, 5.41) is 14.1. The van der Waals surface area contributed by atoms with Gasteiger partial charge in [-0.15, -0.1) is 34.2 Å². The zero-order chi connectivity index (χ0) is 17.5. The molecule has 10 heteroatoms. The van der Waals surface area contributed by atoms with Gasteiger partial charge in [0.15, 0.2) is 23.4 Å². The molecular formula is C15H21F2IN6O. The molecule has 1 aromatic carbocycles. The van der Waals surface area contributed by atoms with E-state index in [1.807, 2.05) is 18.5 Å². The van der Waals surface area contributed by atoms with Gasteiger partial charge in [-0.3, -0.25) is 4.99 Å². The number of aromatic nitrogens is 3. The van der Waals surface area contributed by atoms with Gasteiger partial charge in [0, 0.05) is 20.2 Å². The summed E-state index contributed by atoms with van der Waals surface area (Å²) in [6.45, 7) is 2.93. The van der Waals surface area contributed by atoms with E-state index in [2.05, 4.69) is 25.8 Å². The van der Waals surface area contributed by atoms with Crippen LogP contribution < -0.4 is 15.4 Å². The van der Waals surface area contributed by atoms with Gasteiger partial charge in [-0.05, 0) is 19.1 Å². The van der Waals surface area contributed by atoms with E-state index < -0.39 is 11.6 Å². The topological polar surface area (TPSA) is 76.4 Å². The molecule has 2 rings (SSSR count). The van der Waals surface area contributed by atoms with Crippen molar-refractivity contribution in [2.45, 2.75) is 13.5 Å². The Kier molecular flexibility index (Phi) is 8.52. The highest BCUT2D eigenvalue weighted by molar-refractivity contribution is 14.0. The zero-order valence-corrected chi connectivity index (χ0v) is 16.5. The summed E-state index contributed by atoms with van der Waals surface area (Å²) in [6.07, 6.45) is 0. The number of benzene rings is 1. The van der Waals surface area contributed by atoms with Crippen molar-refractivity contribution in [1.82, 2.24) is 25.4 Å². The molecule has 2 N–H and O–H groups in total. The molecule has 0 bridgehead atoms. The Hall–Kier alpha value is -1.98. The lowest BCUT2D eigenvalue weighted by Gasteiger charge is -2.12. The molecule has 0 radical (unpaired) electrons. The standard InChI is InChI=1S/C15H20F2N6O.HI/c1-10-21-22-14(23(10)3)9-20-15(18-2)19-6-7-24-13-5-4-11(16)8-12(13)17;/h4-5,8H,6-7,9H2,1-3H3,(H2,18,19,20);1H. The summed E-state index contributed by atoms with van der Waals surface area (Å²) in [6, 6.07) is 3.19. The van der Waals surface area contributed by atoms with E-state index in [0.29, 0.717) is 19.0 Å². The number of guanidine groups is 1. The van der Waals surface area contributed by atoms with Gasteiger partial charge < -0.3 is 19.9 Å². The van der Waals surface area contributed by atoms with E-state index in [9.17, 15) is 8.78 Å². The highest BCUT2D eigenvalue weighted by Gasteiger charge is 2.07. The molecule has 25 heavy (non-hydrogen) atoms. The largest absolute Gasteiger partial charge is 0.489 e. The Morgan fingerprint density at radius 3 is 2.64 bits per heavy atom. The van der Waals surface area contributed by atoms with Gasteiger partial charge in [0.25, 0.3) is 0 Å². The van der Waals surface area contributed by atoms with Crippen LogP contribution in [-0.2, 0) is 13.6 Å². The van der Waals surface area contributed by atoms with E-state index in [-0.39, 0.29) is 36.3 Å². The van der Waals surface area contributed by atoms with Crippen LogP contribution >= 0.6 is 24.0 Å². The molecule has 0 atom stereocenters. The first-order valence-corrected chi connectivity index (χ1v) is 7.38. The second-order valence-electron chi connectivity index (χ2n) is 5.00. The lowest BCUT2D eigenvalue weighted by molar-refractivity contribution is 0.304. The molecule has 0 amide bonds. The van der Waals surface area contributed by atoms with Crippen molar-refractivity contribution in [1.29, 1.82) is 0 Å². The lowest BCUT2D eigenvalue weighted by Crippen LogP contribution is -2.39. The van der Waals surface area contributed by atoms with Crippen molar-refractivity contribution in [3.05, 3.63) is 41.5 Å². The minimum atomic E-state index is -0.727. The monoisotopic (exact) mass is 466 g/mol. The number of aryl methyl sites for hydroxylation is 1. The first kappa shape index (κ1) is 21.1. The molecule has 0 fully saturated rings. The highest BCUT2D eigenvalue weighted by Crippen LogP contribution is 2.17. The van der Waals surface area contributed by atoms with Crippen LogP contribution in [0.5, 0.6) is 5.75 Å². The first-order valence-electron chi connectivity index (χ1n) is 7.38. The molecule has 0 spiro atoms. The van der Waals surface area contributed by atoms with Gasteiger partial charge in [0.1, 0.15) is 18.2 Å².